The second-order valence-corrected chi connectivity index (χ2v) is 12.2. The molecule has 7 nitrogen and oxygen atoms in total. The van der Waals surface area contributed by atoms with Crippen LogP contribution in [0.15, 0.2) is 77.7 Å². The molecule has 0 aromatic heterocycles. The summed E-state index contributed by atoms with van der Waals surface area (Å²) in [7, 11) is -4.18. The zero-order valence-corrected chi connectivity index (χ0v) is 25.4. The molecule has 2 amide bonds. The molecule has 214 valence electrons. The molecular formula is C30H35Cl2N3O4S. The molecule has 0 aliphatic rings. The zero-order chi connectivity index (χ0) is 29.4. The van der Waals surface area contributed by atoms with E-state index in [4.69, 9.17) is 23.2 Å². The molecule has 0 saturated heterocycles. The van der Waals surface area contributed by atoms with Crippen LogP contribution < -0.4 is 9.62 Å². The Labute approximate surface area is 247 Å². The second-order valence-electron chi connectivity index (χ2n) is 9.56. The molecule has 0 unspecified atom stereocenters. The van der Waals surface area contributed by atoms with Gasteiger partial charge in [-0.1, -0.05) is 79.5 Å². The van der Waals surface area contributed by atoms with Gasteiger partial charge in [-0.05, 0) is 68.1 Å². The van der Waals surface area contributed by atoms with E-state index in [-0.39, 0.29) is 29.1 Å². The molecule has 0 saturated carbocycles. The van der Waals surface area contributed by atoms with E-state index in [2.05, 4.69) is 5.32 Å². The molecule has 3 rings (SSSR count). The molecule has 0 spiro atoms. The number of benzene rings is 3. The van der Waals surface area contributed by atoms with Crippen molar-refractivity contribution in [2.45, 2.75) is 64.1 Å². The van der Waals surface area contributed by atoms with E-state index in [1.165, 1.54) is 17.0 Å². The van der Waals surface area contributed by atoms with Crippen LogP contribution in [0.5, 0.6) is 0 Å². The van der Waals surface area contributed by atoms with Gasteiger partial charge < -0.3 is 10.2 Å². The van der Waals surface area contributed by atoms with Crippen LogP contribution in [-0.4, -0.2) is 43.8 Å². The first-order valence-corrected chi connectivity index (χ1v) is 15.4. The van der Waals surface area contributed by atoms with Crippen LogP contribution in [0.4, 0.5) is 5.69 Å². The van der Waals surface area contributed by atoms with Crippen molar-refractivity contribution in [1.29, 1.82) is 0 Å². The van der Waals surface area contributed by atoms with Gasteiger partial charge in [0.25, 0.3) is 10.0 Å². The zero-order valence-electron chi connectivity index (χ0n) is 23.1. The summed E-state index contributed by atoms with van der Waals surface area (Å²) in [5.74, 6) is -0.862. The normalized spacial score (nSPS) is 12.8. The van der Waals surface area contributed by atoms with E-state index in [0.717, 1.165) is 10.7 Å². The van der Waals surface area contributed by atoms with E-state index in [1.807, 2.05) is 20.8 Å². The van der Waals surface area contributed by atoms with Gasteiger partial charge in [0.15, 0.2) is 0 Å². The number of halogens is 2. The fourth-order valence-corrected chi connectivity index (χ4v) is 6.13. The summed E-state index contributed by atoms with van der Waals surface area (Å²) in [6, 6.07) is 18.9. The van der Waals surface area contributed by atoms with Crippen LogP contribution in [0, 0.1) is 6.92 Å². The quantitative estimate of drug-likeness (QED) is 0.266. The summed E-state index contributed by atoms with van der Waals surface area (Å²) in [6.07, 6.45) is 1.04. The first-order chi connectivity index (χ1) is 19.0. The lowest BCUT2D eigenvalue weighted by molar-refractivity contribution is -0.140. The van der Waals surface area contributed by atoms with Crippen LogP contribution in [0.3, 0.4) is 0 Å². The Hall–Kier alpha value is -3.07. The molecule has 3 aromatic rings. The van der Waals surface area contributed by atoms with Gasteiger partial charge in [0.05, 0.1) is 10.6 Å². The number of carbonyl (C=O) groups is 2. The average molecular weight is 605 g/mol. The third-order valence-corrected chi connectivity index (χ3v) is 9.36. The van der Waals surface area contributed by atoms with Crippen LogP contribution in [0.2, 0.25) is 10.0 Å². The van der Waals surface area contributed by atoms with Crippen molar-refractivity contribution in [3.63, 3.8) is 0 Å². The lowest BCUT2D eigenvalue weighted by Gasteiger charge is -2.34. The molecule has 0 bridgehead atoms. The Balaban J connectivity index is 2.10. The number of rotatable bonds is 12. The van der Waals surface area contributed by atoms with Gasteiger partial charge in [0, 0.05) is 22.6 Å². The SMILES string of the molecule is CC[C@H](C)NC(=O)[C@H](CC)N(Cc1ccccc1Cl)C(=O)CN(c1cccc(Cl)c1C)S(=O)(=O)c1ccccc1. The molecule has 40 heavy (non-hydrogen) atoms. The van der Waals surface area contributed by atoms with Crippen LogP contribution in [-0.2, 0) is 26.2 Å². The van der Waals surface area contributed by atoms with Gasteiger partial charge in [-0.25, -0.2) is 8.42 Å². The Morgan fingerprint density at radius 1 is 0.875 bits per heavy atom. The van der Waals surface area contributed by atoms with Gasteiger partial charge in [0.2, 0.25) is 11.8 Å². The molecule has 2 atom stereocenters. The lowest BCUT2D eigenvalue weighted by Crippen LogP contribution is -2.53. The molecule has 0 fully saturated rings. The maximum Gasteiger partial charge on any atom is 0.264 e. The van der Waals surface area contributed by atoms with Crippen molar-refractivity contribution >= 4 is 50.7 Å². The van der Waals surface area contributed by atoms with Gasteiger partial charge in [-0.3, -0.25) is 13.9 Å². The monoisotopic (exact) mass is 603 g/mol. The summed E-state index contributed by atoms with van der Waals surface area (Å²) in [4.78, 5) is 28.9. The lowest BCUT2D eigenvalue weighted by atomic mass is 10.1. The molecule has 0 aliphatic carbocycles. The maximum absolute atomic E-state index is 14.1. The predicted octanol–water partition coefficient (Wildman–Crippen LogP) is 6.22. The highest BCUT2D eigenvalue weighted by Crippen LogP contribution is 2.31. The number of amides is 2. The van der Waals surface area contributed by atoms with Gasteiger partial charge in [-0.2, -0.15) is 0 Å². The summed E-state index contributed by atoms with van der Waals surface area (Å²) >= 11 is 12.8. The van der Waals surface area contributed by atoms with Crippen molar-refractivity contribution in [3.8, 4) is 0 Å². The van der Waals surface area contributed by atoms with E-state index in [9.17, 15) is 18.0 Å². The van der Waals surface area contributed by atoms with Crippen molar-refractivity contribution in [1.82, 2.24) is 10.2 Å². The van der Waals surface area contributed by atoms with Crippen molar-refractivity contribution < 1.29 is 18.0 Å². The standard InChI is InChI=1S/C30H35Cl2N3O4S/c1-5-21(3)33-30(37)27(6-2)34(19-23-13-10-11-16-26(23)32)29(36)20-35(28-18-12-17-25(31)22(28)4)40(38,39)24-14-8-7-9-15-24/h7-18,21,27H,5-6,19-20H2,1-4H3,(H,33,37)/t21-,27-/m0/s1. The fourth-order valence-electron chi connectivity index (χ4n) is 4.27. The van der Waals surface area contributed by atoms with Gasteiger partial charge >= 0.3 is 0 Å². The molecule has 10 heteroatoms. The highest BCUT2D eigenvalue weighted by molar-refractivity contribution is 7.92. The average Bonchev–Trinajstić information content (AvgIpc) is 2.94. The topological polar surface area (TPSA) is 86.8 Å². The fraction of sp³-hybridized carbons (Fsp3) is 0.333. The Morgan fingerprint density at radius 2 is 1.50 bits per heavy atom. The third-order valence-electron chi connectivity index (χ3n) is 6.80. The van der Waals surface area contributed by atoms with Crippen LogP contribution in [0.1, 0.15) is 44.7 Å². The predicted molar refractivity (Wildman–Crippen MR) is 161 cm³/mol. The number of nitrogens with zero attached hydrogens (tertiary/aromatic N) is 2. The molecule has 0 aliphatic heterocycles. The summed E-state index contributed by atoms with van der Waals surface area (Å²) in [6.45, 7) is 6.84. The Morgan fingerprint density at radius 3 is 2.12 bits per heavy atom. The number of anilines is 1. The van der Waals surface area contributed by atoms with Gasteiger partial charge in [0.1, 0.15) is 12.6 Å². The Bertz CT molecular complexity index is 1430. The van der Waals surface area contributed by atoms with Gasteiger partial charge in [-0.15, -0.1) is 0 Å². The summed E-state index contributed by atoms with van der Waals surface area (Å²) in [5.41, 5.74) is 1.43. The molecule has 0 radical (unpaired) electrons. The number of carbonyl (C=O) groups excluding carboxylic acids is 2. The van der Waals surface area contributed by atoms with E-state index < -0.39 is 28.5 Å². The number of sulfonamides is 1. The summed E-state index contributed by atoms with van der Waals surface area (Å²) in [5, 5.41) is 3.77. The van der Waals surface area contributed by atoms with E-state index >= 15 is 0 Å². The first kappa shape index (κ1) is 31.5. The third kappa shape index (κ3) is 7.36. The van der Waals surface area contributed by atoms with E-state index in [0.29, 0.717) is 27.6 Å². The van der Waals surface area contributed by atoms with Crippen molar-refractivity contribution in [2.24, 2.45) is 0 Å². The van der Waals surface area contributed by atoms with E-state index in [1.54, 1.807) is 67.6 Å². The van der Waals surface area contributed by atoms with Crippen molar-refractivity contribution in [3.05, 3.63) is 94.0 Å². The van der Waals surface area contributed by atoms with Crippen LogP contribution >= 0.6 is 23.2 Å². The highest BCUT2D eigenvalue weighted by Gasteiger charge is 2.34. The minimum absolute atomic E-state index is 0.0265. The minimum Gasteiger partial charge on any atom is -0.352 e. The number of hydrogen-bond donors (Lipinski definition) is 1. The first-order valence-electron chi connectivity index (χ1n) is 13.2. The molecule has 3 aromatic carbocycles. The molecular weight excluding hydrogens is 569 g/mol. The van der Waals surface area contributed by atoms with Crippen LogP contribution in [0.25, 0.3) is 0 Å². The molecule has 0 heterocycles. The largest absolute Gasteiger partial charge is 0.352 e. The maximum atomic E-state index is 14.1. The smallest absolute Gasteiger partial charge is 0.264 e. The minimum atomic E-state index is -4.18. The second kappa shape index (κ2) is 14.0. The van der Waals surface area contributed by atoms with Crippen molar-refractivity contribution in [2.75, 3.05) is 10.8 Å². The molecule has 1 N–H and O–H groups in total. The number of hydrogen-bond acceptors (Lipinski definition) is 4. The number of nitrogens with one attached hydrogen (secondary N) is 1. The Kier molecular flexibility index (Phi) is 11.0. The summed E-state index contributed by atoms with van der Waals surface area (Å²) < 4.78 is 28.9. The highest BCUT2D eigenvalue weighted by atomic mass is 35.5.